The van der Waals surface area contributed by atoms with Gasteiger partial charge in [-0.3, -0.25) is 10.8 Å². The summed E-state index contributed by atoms with van der Waals surface area (Å²) < 4.78 is 0. The van der Waals surface area contributed by atoms with E-state index in [0.717, 1.165) is 22.3 Å². The van der Waals surface area contributed by atoms with Crippen molar-refractivity contribution in [1.29, 1.82) is 10.8 Å². The molecule has 0 spiro atoms. The molecule has 0 bridgehead atoms. The molecule has 0 aromatic heterocycles. The minimum absolute atomic E-state index is 0.0763. The summed E-state index contributed by atoms with van der Waals surface area (Å²) in [7, 11) is 0. The number of rotatable bonds is 4. The first kappa shape index (κ1) is 16.4. The highest BCUT2D eigenvalue weighted by molar-refractivity contribution is 6.70. The van der Waals surface area contributed by atoms with Gasteiger partial charge in [0, 0.05) is 11.1 Å². The highest BCUT2D eigenvalue weighted by Gasteiger charge is 2.16. The van der Waals surface area contributed by atoms with E-state index in [-0.39, 0.29) is 10.3 Å². The molecule has 0 heterocycles. The van der Waals surface area contributed by atoms with E-state index in [0.29, 0.717) is 11.1 Å². The summed E-state index contributed by atoms with van der Waals surface area (Å²) in [5.41, 5.74) is 4.73. The smallest absolute Gasteiger partial charge is 0.128 e. The van der Waals surface area contributed by atoms with Gasteiger partial charge in [-0.2, -0.15) is 0 Å². The first-order valence-corrected chi connectivity index (χ1v) is 8.11. The maximum atomic E-state index is 7.89. The van der Waals surface area contributed by atoms with Crippen molar-refractivity contribution >= 4 is 33.5 Å². The van der Waals surface area contributed by atoms with Gasteiger partial charge in [0.05, 0.1) is 0 Å². The van der Waals surface area contributed by atoms with E-state index >= 15 is 0 Å². The van der Waals surface area contributed by atoms with E-state index in [1.54, 1.807) is 6.07 Å². The monoisotopic (exact) mass is 352 g/mol. The van der Waals surface area contributed by atoms with Crippen molar-refractivity contribution < 1.29 is 0 Å². The third-order valence-electron chi connectivity index (χ3n) is 3.80. The molecule has 0 aliphatic carbocycles. The number of benzene rings is 3. The SMILES string of the molecule is N=C(Cl)c1cc(C(=N)Cl)c(-c2ccccc2)cc1-c1ccccc1. The third-order valence-corrected chi connectivity index (χ3v) is 4.21. The molecule has 4 heteroatoms. The second kappa shape index (κ2) is 7.00. The van der Waals surface area contributed by atoms with Crippen molar-refractivity contribution in [2.45, 2.75) is 0 Å². The predicted octanol–water partition coefficient (Wildman–Crippen LogP) is 6.15. The Labute approximate surface area is 150 Å². The lowest BCUT2D eigenvalue weighted by Crippen LogP contribution is -2.01. The Morgan fingerprint density at radius 3 is 1.29 bits per heavy atom. The van der Waals surface area contributed by atoms with Gasteiger partial charge in [0.15, 0.2) is 0 Å². The van der Waals surface area contributed by atoms with Crippen LogP contribution < -0.4 is 0 Å². The summed E-state index contributed by atoms with van der Waals surface area (Å²) in [6.07, 6.45) is 0. The first-order chi connectivity index (χ1) is 11.6. The highest BCUT2D eigenvalue weighted by atomic mass is 35.5. The lowest BCUT2D eigenvalue weighted by molar-refractivity contribution is 1.48. The number of hydrogen-bond donors (Lipinski definition) is 2. The van der Waals surface area contributed by atoms with Crippen molar-refractivity contribution in [3.05, 3.63) is 83.9 Å². The average molecular weight is 353 g/mol. The molecule has 3 aromatic rings. The lowest BCUT2D eigenvalue weighted by Gasteiger charge is -2.15. The highest BCUT2D eigenvalue weighted by Crippen LogP contribution is 2.34. The molecule has 3 rings (SSSR count). The zero-order valence-corrected chi connectivity index (χ0v) is 14.2. The Kier molecular flexibility index (Phi) is 4.79. The van der Waals surface area contributed by atoms with Crippen molar-refractivity contribution in [2.24, 2.45) is 0 Å². The van der Waals surface area contributed by atoms with Gasteiger partial charge in [0.1, 0.15) is 10.3 Å². The molecule has 0 saturated carbocycles. The van der Waals surface area contributed by atoms with Gasteiger partial charge >= 0.3 is 0 Å². The standard InChI is InChI=1S/C20H14Cl2N2/c21-19(23)17-12-18(20(22)24)16(14-9-5-2-6-10-14)11-15(17)13-7-3-1-4-8-13/h1-12,23-24H. The van der Waals surface area contributed by atoms with E-state index in [1.165, 1.54) is 0 Å². The normalized spacial score (nSPS) is 10.4. The third kappa shape index (κ3) is 3.25. The molecule has 118 valence electrons. The van der Waals surface area contributed by atoms with Crippen LogP contribution in [0.5, 0.6) is 0 Å². The maximum absolute atomic E-state index is 7.89. The second-order valence-electron chi connectivity index (χ2n) is 5.30. The Bertz CT molecular complexity index is 831. The molecule has 2 N–H and O–H groups in total. The largest absolute Gasteiger partial charge is 0.289 e. The summed E-state index contributed by atoms with van der Waals surface area (Å²) in [6.45, 7) is 0. The minimum atomic E-state index is -0.0763. The molecule has 24 heavy (non-hydrogen) atoms. The molecular formula is C20H14Cl2N2. The average Bonchev–Trinajstić information content (AvgIpc) is 2.62. The molecule has 0 atom stereocenters. The summed E-state index contributed by atoms with van der Waals surface area (Å²) in [5.74, 6) is 0. The van der Waals surface area contributed by atoms with Crippen molar-refractivity contribution in [2.75, 3.05) is 0 Å². The lowest BCUT2D eigenvalue weighted by atomic mass is 9.91. The van der Waals surface area contributed by atoms with Crippen molar-refractivity contribution in [3.63, 3.8) is 0 Å². The van der Waals surface area contributed by atoms with Crippen LogP contribution in [0.15, 0.2) is 72.8 Å². The quantitative estimate of drug-likeness (QED) is 0.529. The molecule has 0 radical (unpaired) electrons. The topological polar surface area (TPSA) is 47.7 Å². The number of hydrogen-bond acceptors (Lipinski definition) is 2. The molecule has 0 aliphatic rings. The fraction of sp³-hybridized carbons (Fsp3) is 0. The molecule has 0 amide bonds. The van der Waals surface area contributed by atoms with Gasteiger partial charge in [0.2, 0.25) is 0 Å². The summed E-state index contributed by atoms with van der Waals surface area (Å²) >= 11 is 12.0. The summed E-state index contributed by atoms with van der Waals surface area (Å²) in [5, 5.41) is 15.6. The van der Waals surface area contributed by atoms with E-state index in [2.05, 4.69) is 0 Å². The van der Waals surface area contributed by atoms with Crippen LogP contribution in [0.25, 0.3) is 22.3 Å². The Hall–Kier alpha value is -2.42. The van der Waals surface area contributed by atoms with E-state index in [9.17, 15) is 0 Å². The molecular weight excluding hydrogens is 339 g/mol. The molecule has 0 fully saturated rings. The van der Waals surface area contributed by atoms with E-state index in [4.69, 9.17) is 34.0 Å². The zero-order valence-electron chi connectivity index (χ0n) is 12.7. The Morgan fingerprint density at radius 1 is 0.583 bits per heavy atom. The van der Waals surface area contributed by atoms with Crippen LogP contribution in [-0.4, -0.2) is 10.3 Å². The van der Waals surface area contributed by atoms with Gasteiger partial charge in [-0.05, 0) is 34.4 Å². The van der Waals surface area contributed by atoms with Crippen LogP contribution in [0, 0.1) is 10.8 Å². The van der Waals surface area contributed by atoms with Gasteiger partial charge in [-0.25, -0.2) is 0 Å². The van der Waals surface area contributed by atoms with Crippen LogP contribution in [0.1, 0.15) is 11.1 Å². The number of halogens is 2. The maximum Gasteiger partial charge on any atom is 0.128 e. The van der Waals surface area contributed by atoms with Crippen LogP contribution >= 0.6 is 23.2 Å². The molecule has 2 nitrogen and oxygen atoms in total. The van der Waals surface area contributed by atoms with Gasteiger partial charge < -0.3 is 0 Å². The summed E-state index contributed by atoms with van der Waals surface area (Å²) in [4.78, 5) is 0. The van der Waals surface area contributed by atoms with E-state index < -0.39 is 0 Å². The Balaban J connectivity index is 2.33. The molecule has 3 aromatic carbocycles. The van der Waals surface area contributed by atoms with Crippen LogP contribution in [0.4, 0.5) is 0 Å². The zero-order chi connectivity index (χ0) is 17.1. The summed E-state index contributed by atoms with van der Waals surface area (Å²) in [6, 6.07) is 23.2. The molecule has 0 aliphatic heterocycles. The van der Waals surface area contributed by atoms with E-state index in [1.807, 2.05) is 66.7 Å². The molecule has 0 saturated heterocycles. The first-order valence-electron chi connectivity index (χ1n) is 7.35. The van der Waals surface area contributed by atoms with Gasteiger partial charge in [-0.1, -0.05) is 83.9 Å². The van der Waals surface area contributed by atoms with Crippen LogP contribution in [0.3, 0.4) is 0 Å². The fourth-order valence-electron chi connectivity index (χ4n) is 2.68. The Morgan fingerprint density at radius 2 is 0.958 bits per heavy atom. The van der Waals surface area contributed by atoms with Crippen molar-refractivity contribution in [3.8, 4) is 22.3 Å². The number of nitrogens with one attached hydrogen (secondary N) is 2. The molecule has 0 unspecified atom stereocenters. The predicted molar refractivity (Wildman–Crippen MR) is 103 cm³/mol. The second-order valence-corrected chi connectivity index (χ2v) is 6.06. The minimum Gasteiger partial charge on any atom is -0.289 e. The fourth-order valence-corrected chi connectivity index (χ4v) is 2.99. The van der Waals surface area contributed by atoms with Gasteiger partial charge in [0.25, 0.3) is 0 Å². The van der Waals surface area contributed by atoms with Crippen LogP contribution in [0.2, 0.25) is 0 Å². The van der Waals surface area contributed by atoms with Gasteiger partial charge in [-0.15, -0.1) is 0 Å². The van der Waals surface area contributed by atoms with Crippen molar-refractivity contribution in [1.82, 2.24) is 0 Å². The van der Waals surface area contributed by atoms with Crippen LogP contribution in [-0.2, 0) is 0 Å².